The van der Waals surface area contributed by atoms with Gasteiger partial charge >= 0.3 is 0 Å². The van der Waals surface area contributed by atoms with Crippen LogP contribution in [-0.4, -0.2) is 51.7 Å². The van der Waals surface area contributed by atoms with Crippen molar-refractivity contribution < 1.29 is 9.21 Å². The predicted molar refractivity (Wildman–Crippen MR) is 82.8 cm³/mol. The largest absolute Gasteiger partial charge is 0.468 e. The van der Waals surface area contributed by atoms with Gasteiger partial charge in [0.15, 0.2) is 5.69 Å². The first-order valence-corrected chi connectivity index (χ1v) is 7.82. The van der Waals surface area contributed by atoms with Crippen LogP contribution in [0.1, 0.15) is 23.2 Å². The number of halogens is 1. The number of piperazine rings is 1. The number of hydrogen-bond donors (Lipinski definition) is 0. The molecule has 1 saturated heterocycles. The molecule has 2 aromatic rings. The molecule has 0 aliphatic carbocycles. The Kier molecular flexibility index (Phi) is 4.49. The molecular formula is C15H19ClN4O2. The quantitative estimate of drug-likeness (QED) is 0.865. The van der Waals surface area contributed by atoms with Gasteiger partial charge in [0.2, 0.25) is 0 Å². The van der Waals surface area contributed by atoms with E-state index in [0.29, 0.717) is 30.4 Å². The van der Waals surface area contributed by atoms with Crippen molar-refractivity contribution in [2.24, 2.45) is 0 Å². The Balaban J connectivity index is 1.58. The Labute approximate surface area is 134 Å². The van der Waals surface area contributed by atoms with Crippen LogP contribution in [0, 0.1) is 0 Å². The van der Waals surface area contributed by atoms with E-state index < -0.39 is 0 Å². The van der Waals surface area contributed by atoms with Gasteiger partial charge in [0.05, 0.1) is 17.8 Å². The summed E-state index contributed by atoms with van der Waals surface area (Å²) in [7, 11) is 0. The van der Waals surface area contributed by atoms with Crippen molar-refractivity contribution in [3.63, 3.8) is 0 Å². The minimum Gasteiger partial charge on any atom is -0.468 e. The molecule has 1 amide bonds. The van der Waals surface area contributed by atoms with E-state index in [-0.39, 0.29) is 5.91 Å². The number of carbonyl (C=O) groups is 1. The number of carbonyl (C=O) groups excluding carboxylic acids is 1. The zero-order chi connectivity index (χ0) is 15.5. The van der Waals surface area contributed by atoms with Crippen molar-refractivity contribution in [2.75, 3.05) is 26.2 Å². The van der Waals surface area contributed by atoms with E-state index in [0.717, 1.165) is 25.4 Å². The van der Waals surface area contributed by atoms with Gasteiger partial charge in [0, 0.05) is 38.9 Å². The van der Waals surface area contributed by atoms with Gasteiger partial charge in [-0.2, -0.15) is 5.10 Å². The summed E-state index contributed by atoms with van der Waals surface area (Å²) >= 11 is 6.11. The summed E-state index contributed by atoms with van der Waals surface area (Å²) in [6.45, 7) is 6.43. The molecule has 0 N–H and O–H groups in total. The van der Waals surface area contributed by atoms with Crippen LogP contribution in [0.3, 0.4) is 0 Å². The number of nitrogens with zero attached hydrogens (tertiary/aromatic N) is 4. The fourth-order valence-corrected chi connectivity index (χ4v) is 2.82. The summed E-state index contributed by atoms with van der Waals surface area (Å²) in [6.07, 6.45) is 3.38. The van der Waals surface area contributed by atoms with E-state index in [1.165, 1.54) is 0 Å². The predicted octanol–water partition coefficient (Wildman–Crippen LogP) is 2.11. The van der Waals surface area contributed by atoms with Gasteiger partial charge in [-0.25, -0.2) is 0 Å². The van der Waals surface area contributed by atoms with Gasteiger partial charge in [0.1, 0.15) is 5.76 Å². The fourth-order valence-electron chi connectivity index (χ4n) is 2.59. The lowest BCUT2D eigenvalue weighted by atomic mass is 10.2. The molecule has 1 fully saturated rings. The molecule has 0 atom stereocenters. The van der Waals surface area contributed by atoms with Crippen LogP contribution in [0.2, 0.25) is 5.02 Å². The third kappa shape index (κ3) is 3.18. The number of hydrogen-bond acceptors (Lipinski definition) is 4. The second-order valence-corrected chi connectivity index (χ2v) is 5.74. The second-order valence-electron chi connectivity index (χ2n) is 5.33. The second kappa shape index (κ2) is 6.54. The molecule has 0 saturated carbocycles. The molecule has 6 nitrogen and oxygen atoms in total. The molecular weight excluding hydrogens is 304 g/mol. The maximum Gasteiger partial charge on any atom is 0.276 e. The van der Waals surface area contributed by atoms with E-state index in [2.05, 4.69) is 10.00 Å². The molecule has 3 heterocycles. The third-order valence-corrected chi connectivity index (χ3v) is 4.14. The SMILES string of the molecule is CCn1cc(Cl)c(C(=O)N2CCN(Cc3ccco3)CC2)n1. The maximum absolute atomic E-state index is 12.5. The fraction of sp³-hybridized carbons (Fsp3) is 0.467. The number of furan rings is 1. The zero-order valence-electron chi connectivity index (χ0n) is 12.5. The first kappa shape index (κ1) is 15.1. The normalized spacial score (nSPS) is 16.2. The number of aromatic nitrogens is 2. The van der Waals surface area contributed by atoms with E-state index in [1.807, 2.05) is 24.0 Å². The molecule has 1 aliphatic heterocycles. The van der Waals surface area contributed by atoms with E-state index in [4.69, 9.17) is 16.0 Å². The van der Waals surface area contributed by atoms with Crippen LogP contribution in [0.4, 0.5) is 0 Å². The lowest BCUT2D eigenvalue weighted by Crippen LogP contribution is -2.48. The highest BCUT2D eigenvalue weighted by Gasteiger charge is 2.26. The molecule has 22 heavy (non-hydrogen) atoms. The summed E-state index contributed by atoms with van der Waals surface area (Å²) in [5, 5.41) is 4.67. The van der Waals surface area contributed by atoms with Crippen LogP contribution in [0.5, 0.6) is 0 Å². The van der Waals surface area contributed by atoms with E-state index in [1.54, 1.807) is 17.1 Å². The van der Waals surface area contributed by atoms with Crippen LogP contribution in [0.15, 0.2) is 29.0 Å². The minimum absolute atomic E-state index is 0.0881. The Hall–Kier alpha value is -1.79. The molecule has 7 heteroatoms. The van der Waals surface area contributed by atoms with Gasteiger partial charge in [-0.3, -0.25) is 14.4 Å². The van der Waals surface area contributed by atoms with Crippen molar-refractivity contribution in [1.29, 1.82) is 0 Å². The zero-order valence-corrected chi connectivity index (χ0v) is 13.3. The lowest BCUT2D eigenvalue weighted by Gasteiger charge is -2.33. The maximum atomic E-state index is 12.5. The topological polar surface area (TPSA) is 54.5 Å². The van der Waals surface area contributed by atoms with Gasteiger partial charge in [-0.15, -0.1) is 0 Å². The molecule has 0 unspecified atom stereocenters. The minimum atomic E-state index is -0.0881. The van der Waals surface area contributed by atoms with Crippen molar-refractivity contribution in [2.45, 2.75) is 20.0 Å². The number of rotatable bonds is 4. The Morgan fingerprint density at radius 1 is 1.36 bits per heavy atom. The van der Waals surface area contributed by atoms with Crippen molar-refractivity contribution in [1.82, 2.24) is 19.6 Å². The molecule has 0 spiro atoms. The third-order valence-electron chi connectivity index (χ3n) is 3.86. The van der Waals surface area contributed by atoms with Crippen LogP contribution >= 0.6 is 11.6 Å². The molecule has 0 radical (unpaired) electrons. The Morgan fingerprint density at radius 2 is 2.14 bits per heavy atom. The van der Waals surface area contributed by atoms with Gasteiger partial charge in [0.25, 0.3) is 5.91 Å². The molecule has 0 aromatic carbocycles. The van der Waals surface area contributed by atoms with E-state index in [9.17, 15) is 4.79 Å². The molecule has 1 aliphatic rings. The highest BCUT2D eigenvalue weighted by molar-refractivity contribution is 6.33. The average Bonchev–Trinajstić information content (AvgIpc) is 3.17. The van der Waals surface area contributed by atoms with Crippen LogP contribution < -0.4 is 0 Å². The first-order valence-electron chi connectivity index (χ1n) is 7.44. The number of amides is 1. The highest BCUT2D eigenvalue weighted by atomic mass is 35.5. The smallest absolute Gasteiger partial charge is 0.276 e. The van der Waals surface area contributed by atoms with Crippen molar-refractivity contribution in [3.8, 4) is 0 Å². The highest BCUT2D eigenvalue weighted by Crippen LogP contribution is 2.17. The van der Waals surface area contributed by atoms with Crippen LogP contribution in [0.25, 0.3) is 0 Å². The summed E-state index contributed by atoms with van der Waals surface area (Å²) in [5.74, 6) is 0.861. The summed E-state index contributed by atoms with van der Waals surface area (Å²) in [5.41, 5.74) is 0.350. The Morgan fingerprint density at radius 3 is 2.73 bits per heavy atom. The van der Waals surface area contributed by atoms with Gasteiger partial charge in [-0.1, -0.05) is 11.6 Å². The monoisotopic (exact) mass is 322 g/mol. The van der Waals surface area contributed by atoms with Crippen molar-refractivity contribution in [3.05, 3.63) is 41.1 Å². The molecule has 2 aromatic heterocycles. The average molecular weight is 323 g/mol. The summed E-state index contributed by atoms with van der Waals surface area (Å²) in [6, 6.07) is 3.86. The molecule has 3 rings (SSSR count). The first-order chi connectivity index (χ1) is 10.7. The standard InChI is InChI=1S/C15H19ClN4O2/c1-2-20-11-13(16)14(17-20)15(21)19-7-5-18(6-8-19)10-12-4-3-9-22-12/h3-4,9,11H,2,5-8,10H2,1H3. The Bertz CT molecular complexity index is 630. The summed E-state index contributed by atoms with van der Waals surface area (Å²) in [4.78, 5) is 16.6. The lowest BCUT2D eigenvalue weighted by molar-refractivity contribution is 0.0614. The van der Waals surface area contributed by atoms with Gasteiger partial charge in [-0.05, 0) is 19.1 Å². The van der Waals surface area contributed by atoms with Gasteiger partial charge < -0.3 is 9.32 Å². The van der Waals surface area contributed by atoms with E-state index >= 15 is 0 Å². The molecule has 0 bridgehead atoms. The van der Waals surface area contributed by atoms with Crippen LogP contribution in [-0.2, 0) is 13.1 Å². The van der Waals surface area contributed by atoms with Crippen molar-refractivity contribution >= 4 is 17.5 Å². The molecule has 118 valence electrons. The number of aryl methyl sites for hydroxylation is 1. The summed E-state index contributed by atoms with van der Waals surface area (Å²) < 4.78 is 7.04.